The predicted molar refractivity (Wildman–Crippen MR) is 387 cm³/mol. The van der Waals surface area contributed by atoms with Gasteiger partial charge in [-0.3, -0.25) is 4.79 Å². The second-order valence-electron chi connectivity index (χ2n) is 30.5. The normalized spacial score (nSPS) is 39.0. The summed E-state index contributed by atoms with van der Waals surface area (Å²) < 4.78 is 138. The highest BCUT2D eigenvalue weighted by Gasteiger charge is 2.64. The highest BCUT2D eigenvalue weighted by molar-refractivity contribution is 5.75. The van der Waals surface area contributed by atoms with E-state index in [1.807, 2.05) is 207 Å². The summed E-state index contributed by atoms with van der Waals surface area (Å²) in [6.07, 6.45) is -19.4. The summed E-state index contributed by atoms with van der Waals surface area (Å²) in [7, 11) is 0. The van der Waals surface area contributed by atoms with Crippen LogP contribution < -0.4 is 0 Å². The Labute approximate surface area is 624 Å². The van der Waals surface area contributed by atoms with Crippen LogP contribution in [0.4, 0.5) is 0 Å². The molecule has 13 rings (SSSR count). The molecule has 2 N–H and O–H groups in total. The van der Waals surface area contributed by atoms with Gasteiger partial charge in [0.05, 0.1) is 82.9 Å². The van der Waals surface area contributed by atoms with Crippen molar-refractivity contribution in [2.45, 2.75) is 282 Å². The van der Waals surface area contributed by atoms with Gasteiger partial charge in [-0.05, 0) is 84.1 Å². The summed E-state index contributed by atoms with van der Waals surface area (Å²) in [6, 6.07) is 49.7. The molecule has 28 atom stereocenters. The molecule has 5 aromatic rings. The summed E-state index contributed by atoms with van der Waals surface area (Å²) in [5.74, 6) is -3.31. The van der Waals surface area contributed by atoms with Crippen molar-refractivity contribution in [3.63, 3.8) is 0 Å². The Balaban J connectivity index is 0.00000257. The fourth-order valence-corrected chi connectivity index (χ4v) is 15.6. The van der Waals surface area contributed by atoms with Crippen LogP contribution in [0, 0.1) is 29.1 Å². The maximum atomic E-state index is 13.2. The number of esters is 1. The quantitative estimate of drug-likeness (QED) is 0.0386. The molecule has 10 unspecified atom stereocenters. The molecule has 0 saturated carbocycles. The first-order valence-corrected chi connectivity index (χ1v) is 37.7. The van der Waals surface area contributed by atoms with Crippen molar-refractivity contribution in [2.24, 2.45) is 23.7 Å². The largest absolute Gasteiger partial charge is 0.457 e. The van der Waals surface area contributed by atoms with Crippen LogP contribution in [0.3, 0.4) is 0 Å². The maximum Gasteiger partial charge on any atom is 0.303 e. The van der Waals surface area contributed by atoms with Crippen molar-refractivity contribution in [1.82, 2.24) is 0 Å². The molecule has 0 radical (unpaired) electrons. The smallest absolute Gasteiger partial charge is 0.303 e. The van der Waals surface area contributed by atoms with E-state index in [0.29, 0.717) is 18.7 Å². The fraction of sp³-hybridized carbons (Fsp3) is 0.614. The number of carbonyl (C=O) groups is 1. The fourth-order valence-electron chi connectivity index (χ4n) is 15.6. The molecule has 8 heterocycles. The zero-order valence-corrected chi connectivity index (χ0v) is 63.6. The van der Waals surface area contributed by atoms with Gasteiger partial charge in [-0.1, -0.05) is 186 Å². The Kier molecular flexibility index (Phi) is 26.9. The average Bonchev–Trinajstić information content (AvgIpc) is 1.28. The molecule has 8 saturated heterocycles. The van der Waals surface area contributed by atoms with E-state index in [0.717, 1.165) is 27.8 Å². The Hall–Kier alpha value is -5.56. The van der Waals surface area contributed by atoms with Crippen LogP contribution in [0.25, 0.3) is 0 Å². The molecule has 23 nitrogen and oxygen atoms in total. The van der Waals surface area contributed by atoms with E-state index in [2.05, 4.69) is 13.8 Å². The highest BCUT2D eigenvalue weighted by Crippen LogP contribution is 2.50. The minimum Gasteiger partial charge on any atom is -0.457 e. The topological polar surface area (TPSA) is 246 Å². The lowest BCUT2D eigenvalue weighted by atomic mass is 9.79. The van der Waals surface area contributed by atoms with Gasteiger partial charge in [-0.15, -0.1) is 0 Å². The summed E-state index contributed by atoms with van der Waals surface area (Å²) in [5, 5.41) is 18.9. The van der Waals surface area contributed by atoms with Crippen LogP contribution in [0.2, 0.25) is 0 Å². The lowest BCUT2D eigenvalue weighted by Gasteiger charge is -2.56. The van der Waals surface area contributed by atoms with Gasteiger partial charge in [0.15, 0.2) is 55.9 Å². The third-order valence-corrected chi connectivity index (χ3v) is 21.7. The van der Waals surface area contributed by atoms with E-state index >= 15 is 0 Å². The zero-order valence-electron chi connectivity index (χ0n) is 63.6. The van der Waals surface area contributed by atoms with Gasteiger partial charge >= 0.3 is 5.97 Å². The van der Waals surface area contributed by atoms with E-state index in [1.165, 1.54) is 6.92 Å². The summed E-state index contributed by atoms with van der Waals surface area (Å²) in [4.78, 5) is 13.2. The van der Waals surface area contributed by atoms with Crippen molar-refractivity contribution in [3.05, 3.63) is 179 Å². The summed E-state index contributed by atoms with van der Waals surface area (Å²) >= 11 is 0. The summed E-state index contributed by atoms with van der Waals surface area (Å²) in [6.45, 7) is 27.6. The molecular weight excluding hydrogens is 1360 g/mol. The predicted octanol–water partition coefficient (Wildman–Crippen LogP) is 12.2. The van der Waals surface area contributed by atoms with E-state index in [4.69, 9.17) is 100 Å². The van der Waals surface area contributed by atoms with Gasteiger partial charge < -0.3 is 105 Å². The minimum absolute atomic E-state index is 0.0804. The molecule has 106 heavy (non-hydrogen) atoms. The van der Waals surface area contributed by atoms with Crippen LogP contribution in [-0.2, 0) is 126 Å². The molecule has 8 fully saturated rings. The lowest BCUT2D eigenvalue weighted by Crippen LogP contribution is -2.69. The lowest BCUT2D eigenvalue weighted by molar-refractivity contribution is -0.414. The van der Waals surface area contributed by atoms with Crippen LogP contribution in [-0.4, -0.2) is 183 Å². The second kappa shape index (κ2) is 35.6. The van der Waals surface area contributed by atoms with Gasteiger partial charge in [0.25, 0.3) is 0 Å². The average molecular weight is 1470 g/mol. The number of hydrogen-bond acceptors (Lipinski definition) is 23. The number of aliphatic hydroxyl groups is 1. The van der Waals surface area contributed by atoms with Crippen LogP contribution in [0.1, 0.15) is 137 Å². The third-order valence-electron chi connectivity index (χ3n) is 21.7. The Morgan fingerprint density at radius 1 is 0.509 bits per heavy atom. The molecule has 8 aliphatic rings. The zero-order chi connectivity index (χ0) is 75.0. The Bertz CT molecular complexity index is 3530. The first-order chi connectivity index (χ1) is 50.9. The van der Waals surface area contributed by atoms with Gasteiger partial charge in [-0.25, -0.2) is 0 Å². The first-order valence-electron chi connectivity index (χ1n) is 37.7. The van der Waals surface area contributed by atoms with Crippen LogP contribution in [0.5, 0.6) is 0 Å². The number of benzene rings is 5. The van der Waals surface area contributed by atoms with Crippen molar-refractivity contribution in [1.29, 1.82) is 5.41 Å². The van der Waals surface area contributed by atoms with Crippen LogP contribution >= 0.6 is 0 Å². The van der Waals surface area contributed by atoms with E-state index in [1.54, 1.807) is 20.8 Å². The SMILES string of the molecule is CC(C)=N.CC[C@]12CO[C@@H](OC3[C@H](C)CO[C@@H](O[C@H]4C(C)O[C@@H](O[C@@H]5C(O[C@@H]6OC(C)[C@H](C)[C@@H]7OC(C)(C)OC67)[C@@H](OC(C)=O)C(C)O[C@@H]5O)[C@@H](C)C4(C)O[C@@H]4OC(COCc5ccccc5)[C@@H](OCc5ccccc5)C(OCc5ccccc5)[C@H]4C)[C@@H]3OCc3ccccc3)C1O[C@H](c1ccccc1)O2. The highest BCUT2D eigenvalue weighted by atomic mass is 16.8. The molecular formula is C83H111NO22. The number of aliphatic hydroxyl groups excluding tert-OH is 1. The Morgan fingerprint density at radius 2 is 1.04 bits per heavy atom. The van der Waals surface area contributed by atoms with Crippen LogP contribution in [0.15, 0.2) is 152 Å². The molecule has 5 aromatic carbocycles. The molecule has 8 aliphatic heterocycles. The number of hydrogen-bond donors (Lipinski definition) is 2. The first kappa shape index (κ1) is 80.0. The number of rotatable bonds is 26. The van der Waals surface area contributed by atoms with Gasteiger partial charge in [-0.2, -0.15) is 0 Å². The van der Waals surface area contributed by atoms with Crippen molar-refractivity contribution in [2.75, 3.05) is 19.8 Å². The van der Waals surface area contributed by atoms with Gasteiger partial charge in [0.1, 0.15) is 60.0 Å². The molecule has 0 aromatic heterocycles. The molecule has 0 aliphatic carbocycles. The van der Waals surface area contributed by atoms with Crippen molar-refractivity contribution >= 4 is 11.7 Å². The third kappa shape index (κ3) is 18.7. The number of fused-ring (bicyclic) bond motifs is 2. The monoisotopic (exact) mass is 1470 g/mol. The van der Waals surface area contributed by atoms with Crippen molar-refractivity contribution in [3.8, 4) is 0 Å². The van der Waals surface area contributed by atoms with E-state index in [9.17, 15) is 9.90 Å². The van der Waals surface area contributed by atoms with E-state index in [-0.39, 0.29) is 57.6 Å². The molecule has 0 bridgehead atoms. The molecule has 23 heteroatoms. The molecule has 0 amide bonds. The maximum absolute atomic E-state index is 13.2. The molecule has 580 valence electrons. The van der Waals surface area contributed by atoms with Gasteiger partial charge in [0, 0.05) is 41.9 Å². The summed E-state index contributed by atoms with van der Waals surface area (Å²) in [5.41, 5.74) is 3.10. The number of carbonyl (C=O) groups excluding carboxylic acids is 1. The number of nitrogens with one attached hydrogen (secondary N) is 1. The van der Waals surface area contributed by atoms with Gasteiger partial charge in [0.2, 0.25) is 0 Å². The van der Waals surface area contributed by atoms with E-state index < -0.39 is 164 Å². The molecule has 0 spiro atoms. The second-order valence-corrected chi connectivity index (χ2v) is 30.5. The number of ether oxygens (including phenoxy) is 20. The van der Waals surface area contributed by atoms with Crippen molar-refractivity contribution < 1.29 is 105 Å². The Morgan fingerprint density at radius 3 is 1.62 bits per heavy atom. The standard InChI is InChI=1S/C80H104O22.C3H7N/c1-13-80-45-88-77(70(80)98-74(102-80)58-37-27-18-28-38-58)94-60-46(2)39-87-75(67(60)86-43-57-35-25-17-26-36-57)97-69-52(8)91-73(96-66-65(63(92-53(9)81)51(7)89-71(66)82)95-76-68-62(47(3)50(6)90-76)99-78(10,11)100-68)49(5)79(69,12)101-72-48(4)61(84-41-55-31-21-15-22-32-55)64(85-42-56-33-23-16-24-34-56)59(93-72)44-83-40-54-29-19-14-20-30-54;1-3(2)4/h14-38,46-52,59-77,82H,13,39-45H2,1-12H3;4H,1-2H3/t46-,47+,48-,49-,50?,51?,52?,59?,60?,61?,62+,63+,64-,65?,66-,67-,68?,69+,70?,71+,72+,73+,74+,75+,76+,77+,79?,80+;/m1./s1. The minimum atomic E-state index is -1.65.